The lowest BCUT2D eigenvalue weighted by atomic mass is 9.76. The van der Waals surface area contributed by atoms with E-state index in [9.17, 15) is 32.8 Å². The van der Waals surface area contributed by atoms with Gasteiger partial charge in [0.15, 0.2) is 11.6 Å². The Morgan fingerprint density at radius 1 is 0.812 bits per heavy atom. The molecule has 2 atom stereocenters. The van der Waals surface area contributed by atoms with Gasteiger partial charge in [-0.1, -0.05) is 62.3 Å². The zero-order valence-electron chi connectivity index (χ0n) is 29.7. The molecular weight excluding hydrogens is 623 g/mol. The van der Waals surface area contributed by atoms with Crippen LogP contribution in [-0.4, -0.2) is 49.2 Å². The quantitative estimate of drug-likeness (QED) is 0.257. The normalized spacial score (nSPS) is 15.4. The Hall–Kier alpha value is -2.86. The minimum absolute atomic E-state index is 0.0285. The van der Waals surface area contributed by atoms with E-state index in [1.807, 2.05) is 0 Å². The molecule has 0 spiro atoms. The maximum atomic E-state index is 14.2. The molecule has 48 heavy (non-hydrogen) atoms. The van der Waals surface area contributed by atoms with Crippen LogP contribution < -0.4 is 21.6 Å². The molecule has 13 heteroatoms. The van der Waals surface area contributed by atoms with Gasteiger partial charge in [-0.15, -0.1) is 0 Å². The number of hydrogen-bond donors (Lipinski definition) is 4. The number of amides is 2. The van der Waals surface area contributed by atoms with Gasteiger partial charge in [-0.3, -0.25) is 9.59 Å². The first-order valence-corrected chi connectivity index (χ1v) is 16.8. The summed E-state index contributed by atoms with van der Waals surface area (Å²) in [6, 6.07) is 3.32. The second-order valence-electron chi connectivity index (χ2n) is 15.2. The Morgan fingerprint density at radius 3 is 1.90 bits per heavy atom. The van der Waals surface area contributed by atoms with Gasteiger partial charge in [-0.05, 0) is 88.1 Å². The monoisotopic (exact) mass is 674 g/mol. The molecule has 0 radical (unpaired) electrons. The minimum Gasteiger partial charge on any atom is -0.423 e. The van der Waals surface area contributed by atoms with Crippen LogP contribution in [0.1, 0.15) is 107 Å². The van der Waals surface area contributed by atoms with E-state index in [1.54, 1.807) is 0 Å². The van der Waals surface area contributed by atoms with Gasteiger partial charge < -0.3 is 30.0 Å². The predicted octanol–water partition coefficient (Wildman–Crippen LogP) is 4.71. The lowest BCUT2D eigenvalue weighted by Gasteiger charge is -2.32. The summed E-state index contributed by atoms with van der Waals surface area (Å²) >= 11 is 0. The van der Waals surface area contributed by atoms with Crippen LogP contribution in [0.15, 0.2) is 18.2 Å². The minimum atomic E-state index is -1.33. The Kier molecular flexibility index (Phi) is 13.8. The van der Waals surface area contributed by atoms with Gasteiger partial charge >= 0.3 is 14.2 Å². The highest BCUT2D eigenvalue weighted by molar-refractivity contribution is 6.62. The molecule has 0 aliphatic carbocycles. The molecule has 2 aromatic rings. The topological polar surface area (TPSA) is 117 Å². The fourth-order valence-corrected chi connectivity index (χ4v) is 6.17. The summed E-state index contributed by atoms with van der Waals surface area (Å²) in [7, 11) is -2.49. The number of fused-ring (bicyclic) bond motifs is 2. The molecule has 4 rings (SSSR count). The average molecular weight is 674 g/mol. The van der Waals surface area contributed by atoms with E-state index in [0.29, 0.717) is 47.8 Å². The fraction of sp³-hybridized carbons (Fsp3) is 0.600. The van der Waals surface area contributed by atoms with Crippen molar-refractivity contribution in [2.45, 2.75) is 88.4 Å². The molecule has 8 nitrogen and oxygen atoms in total. The standard InChI is InChI=1S/C18H26BF2NO3.C17H25BFNO3/c1-10(2)6-11(18(3,4)5)8-22-17(23)15-12-9-25-19(24)13(12)7-14(20)16(15)21;1-10(2)5-12(11(3)4)8-20-17(21)14-6-13(19)7-16-15(14)9-23-18(16)22/h7,10-11,24H,6,8-9H2,1-5H3,(H,22,23);6-7,10-12,22H,5,8-9H2,1-4H3,(H,20,21). The average Bonchev–Trinajstić information content (AvgIpc) is 3.53. The SMILES string of the molecule is CC(C)CC(CNC(=O)c1c(F)c(F)cc2c1COB2O)C(C)(C)C.CC(C)CC(CNC(=O)c1cc(F)cc2c1COB2O)C(C)C. The largest absolute Gasteiger partial charge is 0.491 e. The van der Waals surface area contributed by atoms with Gasteiger partial charge in [0.05, 0.1) is 18.8 Å². The summed E-state index contributed by atoms with van der Waals surface area (Å²) in [6.07, 6.45) is 1.94. The third-order valence-electron chi connectivity index (χ3n) is 9.12. The molecule has 2 heterocycles. The summed E-state index contributed by atoms with van der Waals surface area (Å²) in [5.41, 5.74) is 1.09. The van der Waals surface area contributed by atoms with E-state index in [4.69, 9.17) is 9.31 Å². The molecule has 0 saturated carbocycles. The Balaban J connectivity index is 0.000000261. The molecular formula is C35H51B2F3N2O6. The van der Waals surface area contributed by atoms with Crippen LogP contribution in [0.4, 0.5) is 13.2 Å². The highest BCUT2D eigenvalue weighted by atomic mass is 19.2. The van der Waals surface area contributed by atoms with Gasteiger partial charge in [0, 0.05) is 18.7 Å². The van der Waals surface area contributed by atoms with Gasteiger partial charge in [-0.25, -0.2) is 13.2 Å². The maximum absolute atomic E-state index is 14.2. The summed E-state index contributed by atoms with van der Waals surface area (Å²) < 4.78 is 51.8. The summed E-state index contributed by atoms with van der Waals surface area (Å²) in [6.45, 7) is 20.0. The molecule has 2 aliphatic rings. The first-order valence-electron chi connectivity index (χ1n) is 16.8. The molecule has 264 valence electrons. The number of halogens is 3. The first kappa shape index (κ1) is 39.6. The fourth-order valence-electron chi connectivity index (χ4n) is 6.17. The van der Waals surface area contributed by atoms with Crippen molar-refractivity contribution in [1.82, 2.24) is 10.6 Å². The van der Waals surface area contributed by atoms with E-state index in [-0.39, 0.29) is 52.6 Å². The van der Waals surface area contributed by atoms with Crippen molar-refractivity contribution in [2.75, 3.05) is 13.1 Å². The molecule has 2 aliphatic heterocycles. The molecule has 0 bridgehead atoms. The van der Waals surface area contributed by atoms with Crippen molar-refractivity contribution in [2.24, 2.45) is 35.0 Å². The number of carbonyl (C=O) groups is 2. The zero-order valence-corrected chi connectivity index (χ0v) is 29.7. The van der Waals surface area contributed by atoms with E-state index in [2.05, 4.69) is 72.9 Å². The van der Waals surface area contributed by atoms with Crippen LogP contribution in [0, 0.1) is 52.5 Å². The van der Waals surface area contributed by atoms with Crippen molar-refractivity contribution < 1.29 is 42.1 Å². The number of hydrogen-bond acceptors (Lipinski definition) is 6. The molecule has 0 fully saturated rings. The van der Waals surface area contributed by atoms with Crippen molar-refractivity contribution in [3.8, 4) is 0 Å². The van der Waals surface area contributed by atoms with Crippen LogP contribution in [0.25, 0.3) is 0 Å². The van der Waals surface area contributed by atoms with Crippen molar-refractivity contribution in [3.63, 3.8) is 0 Å². The van der Waals surface area contributed by atoms with Crippen LogP contribution >= 0.6 is 0 Å². The van der Waals surface area contributed by atoms with Crippen molar-refractivity contribution in [1.29, 1.82) is 0 Å². The van der Waals surface area contributed by atoms with Crippen LogP contribution in [0.5, 0.6) is 0 Å². The molecule has 0 saturated heterocycles. The van der Waals surface area contributed by atoms with Gasteiger partial charge in [0.1, 0.15) is 5.82 Å². The van der Waals surface area contributed by atoms with Crippen LogP contribution in [0.3, 0.4) is 0 Å². The Bertz CT molecular complexity index is 1450. The first-order chi connectivity index (χ1) is 22.3. The van der Waals surface area contributed by atoms with E-state index in [1.165, 1.54) is 12.1 Å². The number of rotatable bonds is 11. The summed E-state index contributed by atoms with van der Waals surface area (Å²) in [5.74, 6) is -1.85. The summed E-state index contributed by atoms with van der Waals surface area (Å²) in [4.78, 5) is 25.0. The number of carbonyl (C=O) groups excluding carboxylic acids is 2. The highest BCUT2D eigenvalue weighted by Crippen LogP contribution is 2.31. The highest BCUT2D eigenvalue weighted by Gasteiger charge is 2.36. The van der Waals surface area contributed by atoms with Crippen molar-refractivity contribution in [3.05, 3.63) is 57.9 Å². The molecule has 2 unspecified atom stereocenters. The lowest BCUT2D eigenvalue weighted by molar-refractivity contribution is 0.0916. The van der Waals surface area contributed by atoms with Gasteiger partial charge in [-0.2, -0.15) is 0 Å². The summed E-state index contributed by atoms with van der Waals surface area (Å²) in [5, 5.41) is 25.0. The molecule has 4 N–H and O–H groups in total. The second-order valence-corrected chi connectivity index (χ2v) is 15.2. The smallest absolute Gasteiger partial charge is 0.423 e. The second kappa shape index (κ2) is 16.7. The maximum Gasteiger partial charge on any atom is 0.491 e. The Labute approximate surface area is 283 Å². The van der Waals surface area contributed by atoms with Gasteiger partial charge in [0.2, 0.25) is 0 Å². The Morgan fingerprint density at radius 2 is 1.35 bits per heavy atom. The number of benzene rings is 2. The molecule has 2 aromatic carbocycles. The molecule has 2 amide bonds. The lowest BCUT2D eigenvalue weighted by Crippen LogP contribution is -2.38. The number of nitrogens with one attached hydrogen (secondary N) is 2. The molecule has 0 aromatic heterocycles. The zero-order chi connectivity index (χ0) is 36.1. The van der Waals surface area contributed by atoms with Crippen molar-refractivity contribution >= 4 is 37.0 Å². The third-order valence-corrected chi connectivity index (χ3v) is 9.12. The third kappa shape index (κ3) is 10.1. The predicted molar refractivity (Wildman–Crippen MR) is 182 cm³/mol. The van der Waals surface area contributed by atoms with E-state index in [0.717, 1.165) is 18.9 Å². The van der Waals surface area contributed by atoms with Crippen LogP contribution in [0.2, 0.25) is 0 Å². The van der Waals surface area contributed by atoms with Gasteiger partial charge in [0.25, 0.3) is 11.8 Å². The van der Waals surface area contributed by atoms with E-state index < -0.39 is 37.6 Å². The van der Waals surface area contributed by atoms with Crippen LogP contribution in [-0.2, 0) is 22.5 Å². The van der Waals surface area contributed by atoms with E-state index >= 15 is 0 Å².